The van der Waals surface area contributed by atoms with Crippen molar-refractivity contribution in [3.8, 4) is 0 Å². The van der Waals surface area contributed by atoms with Crippen LogP contribution in [0.25, 0.3) is 0 Å². The molecular weight excluding hydrogens is 651 g/mol. The maximum atomic E-state index is 12.4. The molecule has 4 heteroatoms. The Bertz CT molecular complexity index is 972. The molecule has 0 aromatic heterocycles. The van der Waals surface area contributed by atoms with E-state index in [0.717, 1.165) is 83.5 Å². The first-order valence-electron chi connectivity index (χ1n) is 22.3. The zero-order chi connectivity index (χ0) is 38.6. The van der Waals surface area contributed by atoms with E-state index in [9.17, 15) is 15.0 Å². The molecule has 0 saturated carbocycles. The number of rotatable bonds is 39. The Morgan fingerprint density at radius 1 is 0.472 bits per heavy atom. The lowest BCUT2D eigenvalue weighted by molar-refractivity contribution is -0.123. The molecule has 0 aliphatic carbocycles. The Labute approximate surface area is 329 Å². The molecule has 2 unspecified atom stereocenters. The maximum absolute atomic E-state index is 12.4. The van der Waals surface area contributed by atoms with Crippen molar-refractivity contribution >= 4 is 5.91 Å². The second kappa shape index (κ2) is 44.0. The number of carbonyl (C=O) groups excluding carboxylic acids is 1. The van der Waals surface area contributed by atoms with Crippen LogP contribution in [-0.2, 0) is 4.79 Å². The van der Waals surface area contributed by atoms with Gasteiger partial charge in [-0.05, 0) is 70.6 Å². The molecule has 304 valence electrons. The van der Waals surface area contributed by atoms with Crippen molar-refractivity contribution in [2.45, 2.75) is 212 Å². The predicted molar refractivity (Wildman–Crippen MR) is 234 cm³/mol. The van der Waals surface area contributed by atoms with Crippen molar-refractivity contribution < 1.29 is 15.0 Å². The number of amides is 1. The highest BCUT2D eigenvalue weighted by molar-refractivity contribution is 5.76. The molecule has 0 fully saturated rings. The number of hydrogen-bond acceptors (Lipinski definition) is 3. The zero-order valence-corrected chi connectivity index (χ0v) is 34.8. The fourth-order valence-corrected chi connectivity index (χ4v) is 6.28. The Balaban J connectivity index is 3.65. The van der Waals surface area contributed by atoms with Crippen molar-refractivity contribution in [3.63, 3.8) is 0 Å². The number of carbonyl (C=O) groups is 1. The molecule has 0 heterocycles. The van der Waals surface area contributed by atoms with E-state index in [0.29, 0.717) is 12.8 Å². The highest BCUT2D eigenvalue weighted by atomic mass is 16.3. The Hall–Kier alpha value is -2.43. The predicted octanol–water partition coefficient (Wildman–Crippen LogP) is 14.1. The van der Waals surface area contributed by atoms with Gasteiger partial charge in [-0.1, -0.05) is 208 Å². The molecule has 0 aliphatic rings. The van der Waals surface area contributed by atoms with Gasteiger partial charge in [0.05, 0.1) is 18.8 Å². The maximum Gasteiger partial charge on any atom is 0.220 e. The minimum absolute atomic E-state index is 0.0543. The standard InChI is InChI=1S/C49H85NO3/c1-3-5-7-9-11-13-15-17-19-20-21-22-23-24-25-26-27-28-29-30-31-33-35-37-39-41-43-45-49(53)50-47(46-51)48(52)44-42-40-38-36-34-32-18-16-14-12-10-8-6-4-2/h5,7,11,13,17,19,21-22,24-25,27-28,30-31,47-48,51-52H,3-4,6,8-10,12,14-16,18,20,23,26,29,32-46H2,1-2H3,(H,50,53)/b7-5-,13-11-,19-17-,22-21-,25-24-,28-27-,31-30-. The van der Waals surface area contributed by atoms with Gasteiger partial charge in [0.25, 0.3) is 0 Å². The summed E-state index contributed by atoms with van der Waals surface area (Å²) in [5, 5.41) is 23.1. The van der Waals surface area contributed by atoms with E-state index in [1.54, 1.807) is 0 Å². The van der Waals surface area contributed by atoms with Gasteiger partial charge in [0, 0.05) is 6.42 Å². The van der Waals surface area contributed by atoms with Gasteiger partial charge in [-0.15, -0.1) is 0 Å². The fourth-order valence-electron chi connectivity index (χ4n) is 6.28. The molecule has 4 nitrogen and oxygen atoms in total. The van der Waals surface area contributed by atoms with E-state index >= 15 is 0 Å². The van der Waals surface area contributed by atoms with Gasteiger partial charge >= 0.3 is 0 Å². The molecular formula is C49H85NO3. The molecule has 0 radical (unpaired) electrons. The van der Waals surface area contributed by atoms with Crippen molar-refractivity contribution in [2.24, 2.45) is 0 Å². The largest absolute Gasteiger partial charge is 0.394 e. The zero-order valence-electron chi connectivity index (χ0n) is 34.8. The average molecular weight is 736 g/mol. The van der Waals surface area contributed by atoms with Crippen LogP contribution in [0.15, 0.2) is 85.1 Å². The molecule has 1 amide bonds. The minimum atomic E-state index is -0.672. The van der Waals surface area contributed by atoms with E-state index in [1.807, 2.05) is 0 Å². The molecule has 0 saturated heterocycles. The van der Waals surface area contributed by atoms with Gasteiger partial charge in [-0.25, -0.2) is 0 Å². The van der Waals surface area contributed by atoms with E-state index < -0.39 is 12.1 Å². The van der Waals surface area contributed by atoms with Crippen LogP contribution < -0.4 is 5.32 Å². The third-order valence-electron chi connectivity index (χ3n) is 9.67. The number of hydrogen-bond donors (Lipinski definition) is 3. The van der Waals surface area contributed by atoms with Crippen molar-refractivity contribution in [1.29, 1.82) is 0 Å². The van der Waals surface area contributed by atoms with Gasteiger partial charge in [-0.3, -0.25) is 4.79 Å². The first-order chi connectivity index (χ1) is 26.2. The van der Waals surface area contributed by atoms with Crippen molar-refractivity contribution in [1.82, 2.24) is 5.32 Å². The number of nitrogens with one attached hydrogen (secondary N) is 1. The first kappa shape index (κ1) is 50.6. The normalized spacial score (nSPS) is 13.8. The number of unbranched alkanes of at least 4 members (excludes halogenated alkanes) is 18. The lowest BCUT2D eigenvalue weighted by Gasteiger charge is -2.22. The minimum Gasteiger partial charge on any atom is -0.394 e. The topological polar surface area (TPSA) is 69.6 Å². The Morgan fingerprint density at radius 3 is 1.25 bits per heavy atom. The highest BCUT2D eigenvalue weighted by Crippen LogP contribution is 2.15. The van der Waals surface area contributed by atoms with Gasteiger partial charge in [-0.2, -0.15) is 0 Å². The third kappa shape index (κ3) is 40.6. The summed E-state index contributed by atoms with van der Waals surface area (Å²) < 4.78 is 0. The van der Waals surface area contributed by atoms with Gasteiger partial charge in [0.1, 0.15) is 0 Å². The summed E-state index contributed by atoms with van der Waals surface area (Å²) in [7, 11) is 0. The second-order valence-electron chi connectivity index (χ2n) is 14.7. The lowest BCUT2D eigenvalue weighted by Crippen LogP contribution is -2.45. The molecule has 0 aromatic carbocycles. The molecule has 0 rings (SSSR count). The fraction of sp³-hybridized carbons (Fsp3) is 0.694. The smallest absolute Gasteiger partial charge is 0.220 e. The summed E-state index contributed by atoms with van der Waals surface area (Å²) in [4.78, 5) is 12.4. The summed E-state index contributed by atoms with van der Waals surface area (Å²) in [6.07, 6.45) is 63.7. The second-order valence-corrected chi connectivity index (χ2v) is 14.7. The number of allylic oxidation sites excluding steroid dienone is 14. The molecule has 2 atom stereocenters. The summed E-state index contributed by atoms with van der Waals surface area (Å²) in [6, 6.07) is -0.552. The van der Waals surface area contributed by atoms with Crippen LogP contribution in [0.1, 0.15) is 200 Å². The van der Waals surface area contributed by atoms with Gasteiger partial charge in [0.2, 0.25) is 5.91 Å². The summed E-state index contributed by atoms with van der Waals surface area (Å²) in [5.74, 6) is -0.0543. The van der Waals surface area contributed by atoms with E-state index in [2.05, 4.69) is 104 Å². The first-order valence-corrected chi connectivity index (χ1v) is 22.3. The van der Waals surface area contributed by atoms with E-state index in [4.69, 9.17) is 0 Å². The molecule has 3 N–H and O–H groups in total. The van der Waals surface area contributed by atoms with Crippen LogP contribution in [0.2, 0.25) is 0 Å². The van der Waals surface area contributed by atoms with Crippen LogP contribution in [0, 0.1) is 0 Å². The van der Waals surface area contributed by atoms with Crippen LogP contribution >= 0.6 is 0 Å². The molecule has 0 aromatic rings. The van der Waals surface area contributed by atoms with Crippen LogP contribution in [-0.4, -0.2) is 34.9 Å². The quantitative estimate of drug-likeness (QED) is 0.0435. The summed E-state index contributed by atoms with van der Waals surface area (Å²) in [5.41, 5.74) is 0. The SMILES string of the molecule is CC/C=C\C/C=C\C/C=C\C/C=C\C/C=C\C/C=C\C/C=C\CCCCCCCC(=O)NC(CO)C(O)CCCCCCCCCCCCCCCC. The van der Waals surface area contributed by atoms with E-state index in [1.165, 1.54) is 89.9 Å². The highest BCUT2D eigenvalue weighted by Gasteiger charge is 2.19. The third-order valence-corrected chi connectivity index (χ3v) is 9.67. The van der Waals surface area contributed by atoms with Gasteiger partial charge in [0.15, 0.2) is 0 Å². The Morgan fingerprint density at radius 2 is 0.830 bits per heavy atom. The number of aliphatic hydroxyl groups excluding tert-OH is 2. The van der Waals surface area contributed by atoms with Gasteiger partial charge < -0.3 is 15.5 Å². The van der Waals surface area contributed by atoms with Crippen LogP contribution in [0.5, 0.6) is 0 Å². The molecule has 0 aliphatic heterocycles. The number of aliphatic hydroxyl groups is 2. The van der Waals surface area contributed by atoms with Crippen LogP contribution in [0.4, 0.5) is 0 Å². The van der Waals surface area contributed by atoms with Crippen molar-refractivity contribution in [3.05, 3.63) is 85.1 Å². The monoisotopic (exact) mass is 736 g/mol. The molecule has 0 bridgehead atoms. The molecule has 0 spiro atoms. The Kier molecular flexibility index (Phi) is 42.0. The van der Waals surface area contributed by atoms with Crippen LogP contribution in [0.3, 0.4) is 0 Å². The summed E-state index contributed by atoms with van der Waals surface area (Å²) >= 11 is 0. The van der Waals surface area contributed by atoms with E-state index in [-0.39, 0.29) is 12.5 Å². The molecule has 53 heavy (non-hydrogen) atoms. The van der Waals surface area contributed by atoms with Crippen molar-refractivity contribution in [2.75, 3.05) is 6.61 Å². The average Bonchev–Trinajstić information content (AvgIpc) is 3.16. The lowest BCUT2D eigenvalue weighted by atomic mass is 10.0. The summed E-state index contributed by atoms with van der Waals surface area (Å²) in [6.45, 7) is 4.22.